The summed E-state index contributed by atoms with van der Waals surface area (Å²) in [6.07, 6.45) is 0.504. The summed E-state index contributed by atoms with van der Waals surface area (Å²) < 4.78 is 6.01. The second-order valence-electron chi connectivity index (χ2n) is 4.70. The fourth-order valence-corrected chi connectivity index (χ4v) is 3.42. The second-order valence-corrected chi connectivity index (χ2v) is 6.75. The van der Waals surface area contributed by atoms with Crippen LogP contribution in [0.15, 0.2) is 22.7 Å². The molecule has 1 heterocycles. The lowest BCUT2D eigenvalue weighted by molar-refractivity contribution is -0.117. The summed E-state index contributed by atoms with van der Waals surface area (Å²) in [4.78, 5) is 24.8. The molecule has 0 radical (unpaired) electrons. The van der Waals surface area contributed by atoms with Crippen molar-refractivity contribution in [2.75, 3.05) is 24.3 Å². The van der Waals surface area contributed by atoms with E-state index in [1.54, 1.807) is 18.9 Å². The maximum atomic E-state index is 12.1. The monoisotopic (exact) mass is 357 g/mol. The largest absolute Gasteiger partial charge is 0.496 e. The zero-order chi connectivity index (χ0) is 14.7. The minimum Gasteiger partial charge on any atom is -0.496 e. The van der Waals surface area contributed by atoms with Crippen LogP contribution in [0.2, 0.25) is 0 Å². The number of amides is 1. The summed E-state index contributed by atoms with van der Waals surface area (Å²) >= 11 is 4.72. The minimum absolute atomic E-state index is 0.100. The number of hydrogen-bond donors (Lipinski definition) is 0. The van der Waals surface area contributed by atoms with Crippen molar-refractivity contribution in [3.8, 4) is 5.75 Å². The highest BCUT2D eigenvalue weighted by Crippen LogP contribution is 2.33. The van der Waals surface area contributed by atoms with E-state index in [2.05, 4.69) is 15.9 Å². The number of carbonyl (C=O) groups is 2. The van der Waals surface area contributed by atoms with Gasteiger partial charge < -0.3 is 9.64 Å². The number of halogens is 1. The van der Waals surface area contributed by atoms with Crippen molar-refractivity contribution >= 4 is 44.4 Å². The Bertz CT molecular complexity index is 535. The molecule has 1 aromatic carbocycles. The Labute approximate surface area is 131 Å². The van der Waals surface area contributed by atoms with Gasteiger partial charge in [0.25, 0.3) is 0 Å². The van der Waals surface area contributed by atoms with Crippen LogP contribution in [0.5, 0.6) is 5.75 Å². The van der Waals surface area contributed by atoms with Gasteiger partial charge in [-0.1, -0.05) is 11.8 Å². The first-order valence-electron chi connectivity index (χ1n) is 6.28. The zero-order valence-electron chi connectivity index (χ0n) is 11.4. The van der Waals surface area contributed by atoms with Gasteiger partial charge in [0, 0.05) is 31.3 Å². The van der Waals surface area contributed by atoms with Crippen LogP contribution < -0.4 is 9.64 Å². The SMILES string of the molecule is COc1ccc(N2CC(CSC(C)=O)CC2=O)cc1Br. The van der Waals surface area contributed by atoms with E-state index in [0.29, 0.717) is 18.7 Å². The average molecular weight is 358 g/mol. The maximum absolute atomic E-state index is 12.1. The molecule has 0 aromatic heterocycles. The Kier molecular flexibility index (Phi) is 5.10. The molecule has 4 nitrogen and oxygen atoms in total. The zero-order valence-corrected chi connectivity index (χ0v) is 13.8. The van der Waals surface area contributed by atoms with E-state index in [1.807, 2.05) is 18.2 Å². The van der Waals surface area contributed by atoms with Gasteiger partial charge in [0.1, 0.15) is 5.75 Å². The Morgan fingerprint density at radius 3 is 2.90 bits per heavy atom. The third-order valence-electron chi connectivity index (χ3n) is 3.17. The Balaban J connectivity index is 2.07. The molecular weight excluding hydrogens is 342 g/mol. The molecule has 108 valence electrons. The lowest BCUT2D eigenvalue weighted by Gasteiger charge is -2.17. The van der Waals surface area contributed by atoms with Crippen LogP contribution >= 0.6 is 27.7 Å². The normalized spacial score (nSPS) is 18.4. The molecule has 20 heavy (non-hydrogen) atoms. The van der Waals surface area contributed by atoms with Crippen LogP contribution in [0.4, 0.5) is 5.69 Å². The molecule has 1 saturated heterocycles. The van der Waals surface area contributed by atoms with E-state index in [1.165, 1.54) is 11.8 Å². The number of anilines is 1. The number of carbonyl (C=O) groups excluding carboxylic acids is 2. The first-order chi connectivity index (χ1) is 9.51. The van der Waals surface area contributed by atoms with E-state index in [-0.39, 0.29) is 16.9 Å². The van der Waals surface area contributed by atoms with Crippen LogP contribution in [0.25, 0.3) is 0 Å². The molecule has 1 aliphatic rings. The first-order valence-corrected chi connectivity index (χ1v) is 8.06. The minimum atomic E-state index is 0.100. The predicted molar refractivity (Wildman–Crippen MR) is 84.3 cm³/mol. The van der Waals surface area contributed by atoms with Crippen molar-refractivity contribution < 1.29 is 14.3 Å². The number of rotatable bonds is 4. The third-order valence-corrected chi connectivity index (χ3v) is 4.84. The fourth-order valence-electron chi connectivity index (χ4n) is 2.20. The van der Waals surface area contributed by atoms with Gasteiger partial charge in [-0.25, -0.2) is 0 Å². The molecule has 1 unspecified atom stereocenters. The Morgan fingerprint density at radius 1 is 1.55 bits per heavy atom. The van der Waals surface area contributed by atoms with Crippen LogP contribution in [0.1, 0.15) is 13.3 Å². The highest BCUT2D eigenvalue weighted by atomic mass is 79.9. The molecule has 2 rings (SSSR count). The second kappa shape index (κ2) is 6.63. The van der Waals surface area contributed by atoms with E-state index in [0.717, 1.165) is 15.9 Å². The number of thioether (sulfide) groups is 1. The Morgan fingerprint density at radius 2 is 2.30 bits per heavy atom. The van der Waals surface area contributed by atoms with Crippen molar-refractivity contribution in [1.29, 1.82) is 0 Å². The highest BCUT2D eigenvalue weighted by Gasteiger charge is 2.31. The molecule has 1 atom stereocenters. The van der Waals surface area contributed by atoms with E-state index >= 15 is 0 Å². The topological polar surface area (TPSA) is 46.6 Å². The number of nitrogens with zero attached hydrogens (tertiary/aromatic N) is 1. The standard InChI is InChI=1S/C14H16BrNO3S/c1-9(17)20-8-10-5-14(18)16(7-10)11-3-4-13(19-2)12(15)6-11/h3-4,6,10H,5,7-8H2,1-2H3. The summed E-state index contributed by atoms with van der Waals surface area (Å²) in [5, 5.41) is 0.100. The van der Waals surface area contributed by atoms with Gasteiger partial charge in [-0.15, -0.1) is 0 Å². The lowest BCUT2D eigenvalue weighted by atomic mass is 10.1. The van der Waals surface area contributed by atoms with Gasteiger partial charge in [0.15, 0.2) is 5.12 Å². The summed E-state index contributed by atoms with van der Waals surface area (Å²) in [7, 11) is 1.61. The van der Waals surface area contributed by atoms with E-state index in [4.69, 9.17) is 4.74 Å². The van der Waals surface area contributed by atoms with Crippen molar-refractivity contribution in [2.45, 2.75) is 13.3 Å². The summed E-state index contributed by atoms with van der Waals surface area (Å²) in [5.41, 5.74) is 0.859. The maximum Gasteiger partial charge on any atom is 0.227 e. The van der Waals surface area contributed by atoms with Gasteiger partial charge in [-0.2, -0.15) is 0 Å². The third kappa shape index (κ3) is 3.55. The van der Waals surface area contributed by atoms with Gasteiger partial charge in [0.05, 0.1) is 11.6 Å². The number of benzene rings is 1. The smallest absolute Gasteiger partial charge is 0.227 e. The van der Waals surface area contributed by atoms with Crippen LogP contribution in [-0.4, -0.2) is 30.4 Å². The van der Waals surface area contributed by atoms with Crippen molar-refractivity contribution in [3.63, 3.8) is 0 Å². The molecule has 6 heteroatoms. The molecule has 1 fully saturated rings. The summed E-state index contributed by atoms with van der Waals surface area (Å²) in [6, 6.07) is 5.60. The van der Waals surface area contributed by atoms with Gasteiger partial charge in [-0.3, -0.25) is 9.59 Å². The molecular formula is C14H16BrNO3S. The molecule has 0 N–H and O–H groups in total. The molecule has 0 aliphatic carbocycles. The molecule has 1 amide bonds. The van der Waals surface area contributed by atoms with E-state index in [9.17, 15) is 9.59 Å². The van der Waals surface area contributed by atoms with Crippen LogP contribution in [-0.2, 0) is 9.59 Å². The number of ether oxygens (including phenoxy) is 1. The van der Waals surface area contributed by atoms with Gasteiger partial charge >= 0.3 is 0 Å². The van der Waals surface area contributed by atoms with Crippen LogP contribution in [0.3, 0.4) is 0 Å². The molecule has 1 aliphatic heterocycles. The van der Waals surface area contributed by atoms with Crippen molar-refractivity contribution in [3.05, 3.63) is 22.7 Å². The van der Waals surface area contributed by atoms with E-state index < -0.39 is 0 Å². The van der Waals surface area contributed by atoms with Gasteiger partial charge in [0.2, 0.25) is 5.91 Å². The summed E-state index contributed by atoms with van der Waals surface area (Å²) in [6.45, 7) is 2.22. The van der Waals surface area contributed by atoms with Crippen molar-refractivity contribution in [2.24, 2.45) is 5.92 Å². The van der Waals surface area contributed by atoms with Gasteiger partial charge in [-0.05, 0) is 40.0 Å². The predicted octanol–water partition coefficient (Wildman–Crippen LogP) is 3.09. The molecule has 1 aromatic rings. The molecule has 0 spiro atoms. The molecule has 0 bridgehead atoms. The highest BCUT2D eigenvalue weighted by molar-refractivity contribution is 9.10. The van der Waals surface area contributed by atoms with Crippen LogP contribution in [0, 0.1) is 5.92 Å². The summed E-state index contributed by atoms with van der Waals surface area (Å²) in [5.74, 6) is 1.78. The Hall–Kier alpha value is -1.01. The lowest BCUT2D eigenvalue weighted by Crippen LogP contribution is -2.24. The quantitative estimate of drug-likeness (QED) is 0.830. The number of hydrogen-bond acceptors (Lipinski definition) is 4. The number of methoxy groups -OCH3 is 1. The average Bonchev–Trinajstić information content (AvgIpc) is 2.77. The molecule has 0 saturated carbocycles. The first kappa shape index (κ1) is 15.4. The van der Waals surface area contributed by atoms with Crippen molar-refractivity contribution in [1.82, 2.24) is 0 Å². The fraction of sp³-hybridized carbons (Fsp3) is 0.429.